The lowest BCUT2D eigenvalue weighted by Crippen LogP contribution is -2.13. The summed E-state index contributed by atoms with van der Waals surface area (Å²) >= 11 is 5.75. The van der Waals surface area contributed by atoms with Crippen LogP contribution in [-0.4, -0.2) is 16.5 Å². The third-order valence-electron chi connectivity index (χ3n) is 2.81. The van der Waals surface area contributed by atoms with Crippen LogP contribution in [0.5, 0.6) is 0 Å². The summed E-state index contributed by atoms with van der Waals surface area (Å²) in [5, 5.41) is 3.43. The van der Waals surface area contributed by atoms with E-state index in [1.807, 2.05) is 0 Å². The molecule has 3 nitrogen and oxygen atoms in total. The minimum atomic E-state index is -0.369. The lowest BCUT2D eigenvalue weighted by atomic mass is 10.1. The molecular formula is C14H17ClFN3. The Labute approximate surface area is 117 Å². The lowest BCUT2D eigenvalue weighted by Gasteiger charge is -2.02. The van der Waals surface area contributed by atoms with E-state index in [9.17, 15) is 4.39 Å². The van der Waals surface area contributed by atoms with Gasteiger partial charge in [0.1, 0.15) is 11.6 Å². The molecule has 0 atom stereocenters. The SMILES string of the molecule is CCCNCc1cnc(Cc2cccc(Cl)c2F)[nH]1. The molecule has 0 bridgehead atoms. The van der Waals surface area contributed by atoms with Crippen LogP contribution in [0.15, 0.2) is 24.4 Å². The Hall–Kier alpha value is -1.39. The van der Waals surface area contributed by atoms with Crippen molar-refractivity contribution < 1.29 is 4.39 Å². The highest BCUT2D eigenvalue weighted by Gasteiger charge is 2.09. The fourth-order valence-electron chi connectivity index (χ4n) is 1.85. The predicted molar refractivity (Wildman–Crippen MR) is 74.8 cm³/mol. The van der Waals surface area contributed by atoms with E-state index >= 15 is 0 Å². The number of aromatic amines is 1. The molecule has 19 heavy (non-hydrogen) atoms. The van der Waals surface area contributed by atoms with Gasteiger partial charge < -0.3 is 10.3 Å². The highest BCUT2D eigenvalue weighted by Crippen LogP contribution is 2.19. The summed E-state index contributed by atoms with van der Waals surface area (Å²) in [5.74, 6) is 0.376. The molecule has 2 aromatic rings. The van der Waals surface area contributed by atoms with Crippen molar-refractivity contribution in [3.05, 3.63) is 52.3 Å². The van der Waals surface area contributed by atoms with E-state index in [4.69, 9.17) is 11.6 Å². The maximum atomic E-state index is 13.8. The van der Waals surface area contributed by atoms with Gasteiger partial charge in [-0.25, -0.2) is 9.37 Å². The second-order valence-electron chi connectivity index (χ2n) is 4.42. The zero-order chi connectivity index (χ0) is 13.7. The molecule has 2 rings (SSSR count). The van der Waals surface area contributed by atoms with Crippen molar-refractivity contribution in [2.24, 2.45) is 0 Å². The van der Waals surface area contributed by atoms with Crippen LogP contribution in [0, 0.1) is 5.82 Å². The minimum Gasteiger partial charge on any atom is -0.345 e. The van der Waals surface area contributed by atoms with Crippen LogP contribution in [0.3, 0.4) is 0 Å². The van der Waals surface area contributed by atoms with E-state index in [2.05, 4.69) is 22.2 Å². The second kappa shape index (κ2) is 6.68. The van der Waals surface area contributed by atoms with Crippen LogP contribution in [-0.2, 0) is 13.0 Å². The van der Waals surface area contributed by atoms with Gasteiger partial charge in [-0.3, -0.25) is 0 Å². The standard InChI is InChI=1S/C14H17ClFN3/c1-2-6-17-8-11-9-18-13(19-11)7-10-4-3-5-12(15)14(10)16/h3-5,9,17H,2,6-8H2,1H3,(H,18,19). The number of aromatic nitrogens is 2. The van der Waals surface area contributed by atoms with Crippen molar-refractivity contribution in [2.45, 2.75) is 26.3 Å². The molecule has 0 aliphatic rings. The summed E-state index contributed by atoms with van der Waals surface area (Å²) in [7, 11) is 0. The molecular weight excluding hydrogens is 265 g/mol. The Morgan fingerprint density at radius 2 is 2.26 bits per heavy atom. The van der Waals surface area contributed by atoms with Crippen molar-refractivity contribution in [1.82, 2.24) is 15.3 Å². The number of hydrogen-bond donors (Lipinski definition) is 2. The van der Waals surface area contributed by atoms with Gasteiger partial charge in [0.15, 0.2) is 0 Å². The Morgan fingerprint density at radius 3 is 3.05 bits per heavy atom. The summed E-state index contributed by atoms with van der Waals surface area (Å²) < 4.78 is 13.8. The molecule has 1 aromatic carbocycles. The molecule has 0 amide bonds. The summed E-state index contributed by atoms with van der Waals surface area (Å²) in [6.07, 6.45) is 3.29. The largest absolute Gasteiger partial charge is 0.345 e. The van der Waals surface area contributed by atoms with Gasteiger partial charge in [0.05, 0.1) is 5.02 Å². The van der Waals surface area contributed by atoms with Crippen molar-refractivity contribution in [3.63, 3.8) is 0 Å². The van der Waals surface area contributed by atoms with Crippen LogP contribution in [0.4, 0.5) is 4.39 Å². The number of hydrogen-bond acceptors (Lipinski definition) is 2. The third kappa shape index (κ3) is 3.78. The number of benzene rings is 1. The highest BCUT2D eigenvalue weighted by atomic mass is 35.5. The average Bonchev–Trinajstić information content (AvgIpc) is 2.83. The zero-order valence-corrected chi connectivity index (χ0v) is 11.6. The van der Waals surface area contributed by atoms with Gasteiger partial charge in [-0.2, -0.15) is 0 Å². The molecule has 102 valence electrons. The van der Waals surface area contributed by atoms with Crippen molar-refractivity contribution >= 4 is 11.6 Å². The molecule has 0 radical (unpaired) electrons. The summed E-state index contributed by atoms with van der Waals surface area (Å²) in [6, 6.07) is 5.01. The number of nitrogens with one attached hydrogen (secondary N) is 2. The molecule has 0 spiro atoms. The normalized spacial score (nSPS) is 10.9. The molecule has 1 aromatic heterocycles. The fraction of sp³-hybridized carbons (Fsp3) is 0.357. The van der Waals surface area contributed by atoms with Crippen LogP contribution in [0.2, 0.25) is 5.02 Å². The first-order valence-electron chi connectivity index (χ1n) is 6.37. The molecule has 0 saturated heterocycles. The number of rotatable bonds is 6. The highest BCUT2D eigenvalue weighted by molar-refractivity contribution is 6.30. The molecule has 1 heterocycles. The van der Waals surface area contributed by atoms with Crippen molar-refractivity contribution in [2.75, 3.05) is 6.54 Å². The summed E-state index contributed by atoms with van der Waals surface area (Å²) in [5.41, 5.74) is 1.56. The van der Waals surface area contributed by atoms with Gasteiger partial charge in [0, 0.05) is 24.9 Å². The monoisotopic (exact) mass is 281 g/mol. The topological polar surface area (TPSA) is 40.7 Å². The first-order chi connectivity index (χ1) is 9.20. The van der Waals surface area contributed by atoms with E-state index in [-0.39, 0.29) is 10.8 Å². The quantitative estimate of drug-likeness (QED) is 0.798. The van der Waals surface area contributed by atoms with E-state index in [0.717, 1.165) is 31.0 Å². The van der Waals surface area contributed by atoms with E-state index in [1.165, 1.54) is 0 Å². The molecule has 0 unspecified atom stereocenters. The Bertz CT molecular complexity index is 539. The number of H-pyrrole nitrogens is 1. The van der Waals surface area contributed by atoms with Gasteiger partial charge >= 0.3 is 0 Å². The van der Waals surface area contributed by atoms with Gasteiger partial charge in [-0.15, -0.1) is 0 Å². The van der Waals surface area contributed by atoms with Crippen LogP contribution < -0.4 is 5.32 Å². The van der Waals surface area contributed by atoms with Crippen LogP contribution in [0.25, 0.3) is 0 Å². The Balaban J connectivity index is 2.01. The number of nitrogens with zero attached hydrogens (tertiary/aromatic N) is 1. The molecule has 0 aliphatic heterocycles. The Morgan fingerprint density at radius 1 is 1.42 bits per heavy atom. The smallest absolute Gasteiger partial charge is 0.145 e. The average molecular weight is 282 g/mol. The van der Waals surface area contributed by atoms with E-state index < -0.39 is 0 Å². The maximum absolute atomic E-state index is 13.8. The number of imidazole rings is 1. The molecule has 0 fully saturated rings. The fourth-order valence-corrected chi connectivity index (χ4v) is 2.04. The summed E-state index contributed by atoms with van der Waals surface area (Å²) in [4.78, 5) is 7.44. The maximum Gasteiger partial charge on any atom is 0.145 e. The van der Waals surface area contributed by atoms with Gasteiger partial charge in [0.2, 0.25) is 0 Å². The minimum absolute atomic E-state index is 0.147. The molecule has 5 heteroatoms. The zero-order valence-electron chi connectivity index (χ0n) is 10.8. The Kier molecular flexibility index (Phi) is 4.93. The molecule has 0 saturated carbocycles. The first kappa shape index (κ1) is 14.0. The van der Waals surface area contributed by atoms with Gasteiger partial charge in [0.25, 0.3) is 0 Å². The lowest BCUT2D eigenvalue weighted by molar-refractivity contribution is 0.612. The number of halogens is 2. The summed E-state index contributed by atoms with van der Waals surface area (Å²) in [6.45, 7) is 3.84. The van der Waals surface area contributed by atoms with Crippen LogP contribution >= 0.6 is 11.6 Å². The first-order valence-corrected chi connectivity index (χ1v) is 6.75. The third-order valence-corrected chi connectivity index (χ3v) is 3.10. The predicted octanol–water partition coefficient (Wildman–Crippen LogP) is 3.29. The van der Waals surface area contributed by atoms with E-state index in [1.54, 1.807) is 24.4 Å². The molecule has 2 N–H and O–H groups in total. The van der Waals surface area contributed by atoms with Gasteiger partial charge in [-0.1, -0.05) is 30.7 Å². The van der Waals surface area contributed by atoms with Crippen molar-refractivity contribution in [3.8, 4) is 0 Å². The molecule has 0 aliphatic carbocycles. The van der Waals surface area contributed by atoms with E-state index in [0.29, 0.717) is 12.0 Å². The van der Waals surface area contributed by atoms with Gasteiger partial charge in [-0.05, 0) is 24.6 Å². The van der Waals surface area contributed by atoms with Crippen LogP contribution in [0.1, 0.15) is 30.4 Å². The second-order valence-corrected chi connectivity index (χ2v) is 4.83. The van der Waals surface area contributed by atoms with Crippen molar-refractivity contribution in [1.29, 1.82) is 0 Å².